The number of rotatable bonds is 12. The van der Waals surface area contributed by atoms with E-state index in [0.29, 0.717) is 26.2 Å². The van der Waals surface area contributed by atoms with E-state index in [-0.39, 0.29) is 24.1 Å². The molecule has 1 aliphatic rings. The van der Waals surface area contributed by atoms with E-state index in [1.165, 1.54) is 0 Å². The summed E-state index contributed by atoms with van der Waals surface area (Å²) in [5.74, 6) is -1.94. The van der Waals surface area contributed by atoms with Gasteiger partial charge in [0.15, 0.2) is 0 Å². The van der Waals surface area contributed by atoms with E-state index in [9.17, 15) is 14.7 Å². The predicted octanol–water partition coefficient (Wildman–Crippen LogP) is 2.34. The van der Waals surface area contributed by atoms with Gasteiger partial charge in [0.2, 0.25) is 11.1 Å². The average Bonchev–Trinajstić information content (AvgIpc) is 3.39. The maximum absolute atomic E-state index is 12.8. The van der Waals surface area contributed by atoms with Crippen LogP contribution in [0.5, 0.6) is 0 Å². The molecule has 2 heterocycles. The van der Waals surface area contributed by atoms with Crippen molar-refractivity contribution < 1.29 is 24.2 Å². The van der Waals surface area contributed by atoms with Crippen molar-refractivity contribution in [2.45, 2.75) is 18.9 Å². The number of amides is 1. The zero-order valence-corrected chi connectivity index (χ0v) is 21.8. The van der Waals surface area contributed by atoms with Gasteiger partial charge in [-0.05, 0) is 41.1 Å². The van der Waals surface area contributed by atoms with Gasteiger partial charge in [-0.2, -0.15) is 4.98 Å². The number of aliphatic hydroxyl groups is 1. The highest BCUT2D eigenvalue weighted by molar-refractivity contribution is 6.28. The zero-order chi connectivity index (χ0) is 26.7. The van der Waals surface area contributed by atoms with Crippen molar-refractivity contribution in [2.75, 3.05) is 46.1 Å². The van der Waals surface area contributed by atoms with Gasteiger partial charge in [0, 0.05) is 25.7 Å². The van der Waals surface area contributed by atoms with E-state index >= 15 is 0 Å². The fourth-order valence-electron chi connectivity index (χ4n) is 4.34. The SMILES string of the molecule is O=C(N[C@H](Cc1ccc(-c2ccccc2)cc1)C[C@@H](CO)C(=O)OCCN1CCOCC1)c1n[nH]c(Cl)n1. The Hall–Kier alpha value is -3.31. The van der Waals surface area contributed by atoms with Gasteiger partial charge in [-0.3, -0.25) is 14.5 Å². The normalized spacial score (nSPS) is 15.5. The zero-order valence-electron chi connectivity index (χ0n) is 21.0. The summed E-state index contributed by atoms with van der Waals surface area (Å²) in [4.78, 5) is 31.6. The van der Waals surface area contributed by atoms with Crippen LogP contribution in [0.25, 0.3) is 11.1 Å². The average molecular weight is 542 g/mol. The summed E-state index contributed by atoms with van der Waals surface area (Å²) in [5.41, 5.74) is 3.13. The molecule has 0 aliphatic carbocycles. The fourth-order valence-corrected chi connectivity index (χ4v) is 4.46. The summed E-state index contributed by atoms with van der Waals surface area (Å²) in [6.45, 7) is 3.35. The molecule has 0 spiro atoms. The lowest BCUT2D eigenvalue weighted by Crippen LogP contribution is -2.41. The first kappa shape index (κ1) is 27.7. The number of benzene rings is 2. The quantitative estimate of drug-likeness (QED) is 0.298. The molecule has 3 aromatic rings. The number of halogens is 1. The Morgan fingerprint density at radius 3 is 2.47 bits per heavy atom. The second-order valence-electron chi connectivity index (χ2n) is 9.12. The number of nitrogens with one attached hydrogen (secondary N) is 2. The van der Waals surface area contributed by atoms with Gasteiger partial charge in [0.25, 0.3) is 5.91 Å². The van der Waals surface area contributed by atoms with Crippen LogP contribution < -0.4 is 5.32 Å². The minimum absolute atomic E-state index is 0.000260. The molecule has 0 radical (unpaired) electrons. The van der Waals surface area contributed by atoms with Gasteiger partial charge < -0.3 is 19.9 Å². The van der Waals surface area contributed by atoms with Gasteiger partial charge in [0.05, 0.1) is 25.7 Å². The highest BCUT2D eigenvalue weighted by atomic mass is 35.5. The molecule has 11 heteroatoms. The van der Waals surface area contributed by atoms with Gasteiger partial charge in [-0.15, -0.1) is 5.10 Å². The summed E-state index contributed by atoms with van der Waals surface area (Å²) in [7, 11) is 0. The summed E-state index contributed by atoms with van der Waals surface area (Å²) < 4.78 is 10.8. The second-order valence-corrected chi connectivity index (χ2v) is 9.48. The Bertz CT molecular complexity index is 1170. The predicted molar refractivity (Wildman–Crippen MR) is 142 cm³/mol. The van der Waals surface area contributed by atoms with E-state index in [1.54, 1.807) is 0 Å². The number of esters is 1. The molecule has 0 unspecified atom stereocenters. The first-order valence-corrected chi connectivity index (χ1v) is 13.0. The molecule has 10 nitrogen and oxygen atoms in total. The molecule has 1 amide bonds. The molecule has 0 bridgehead atoms. The highest BCUT2D eigenvalue weighted by Gasteiger charge is 2.27. The lowest BCUT2D eigenvalue weighted by molar-refractivity contribution is -0.151. The number of aromatic nitrogens is 3. The van der Waals surface area contributed by atoms with Crippen LogP contribution in [-0.4, -0.2) is 89.2 Å². The van der Waals surface area contributed by atoms with Crippen LogP contribution in [0.3, 0.4) is 0 Å². The largest absolute Gasteiger partial charge is 0.464 e. The van der Waals surface area contributed by atoms with E-state index in [2.05, 4.69) is 25.4 Å². The van der Waals surface area contributed by atoms with Crippen molar-refractivity contribution in [2.24, 2.45) is 5.92 Å². The molecule has 1 aliphatic heterocycles. The highest BCUT2D eigenvalue weighted by Crippen LogP contribution is 2.21. The fraction of sp³-hybridized carbons (Fsp3) is 0.407. The number of H-pyrrole nitrogens is 1. The number of hydrogen-bond acceptors (Lipinski definition) is 8. The molecule has 1 saturated heterocycles. The van der Waals surface area contributed by atoms with Crippen LogP contribution >= 0.6 is 11.6 Å². The number of aliphatic hydroxyl groups excluding tert-OH is 1. The maximum Gasteiger partial charge on any atom is 0.311 e. The summed E-state index contributed by atoms with van der Waals surface area (Å²) in [6.07, 6.45) is 0.605. The summed E-state index contributed by atoms with van der Waals surface area (Å²) >= 11 is 5.78. The molecule has 3 N–H and O–H groups in total. The number of morpholine rings is 1. The van der Waals surface area contributed by atoms with Crippen molar-refractivity contribution in [1.29, 1.82) is 0 Å². The second kappa shape index (κ2) is 14.0. The molecular weight excluding hydrogens is 510 g/mol. The minimum atomic E-state index is -0.802. The molecule has 1 aromatic heterocycles. The van der Waals surface area contributed by atoms with Crippen molar-refractivity contribution in [3.63, 3.8) is 0 Å². The Kier molecular flexibility index (Phi) is 10.2. The molecule has 1 fully saturated rings. The number of nitrogens with zero attached hydrogens (tertiary/aromatic N) is 3. The summed E-state index contributed by atoms with van der Waals surface area (Å²) in [5, 5.41) is 19.1. The van der Waals surface area contributed by atoms with E-state index in [1.807, 2.05) is 54.6 Å². The molecule has 2 atom stereocenters. The van der Waals surface area contributed by atoms with E-state index in [0.717, 1.165) is 29.8 Å². The summed E-state index contributed by atoms with van der Waals surface area (Å²) in [6, 6.07) is 17.5. The molecule has 38 heavy (non-hydrogen) atoms. The Labute approximate surface area is 226 Å². The maximum atomic E-state index is 12.8. The molecule has 202 valence electrons. The van der Waals surface area contributed by atoms with Crippen LogP contribution in [-0.2, 0) is 20.7 Å². The van der Waals surface area contributed by atoms with E-state index < -0.39 is 30.4 Å². The number of aromatic amines is 1. The third kappa shape index (κ3) is 8.09. The molecule has 0 saturated carbocycles. The van der Waals surface area contributed by atoms with Crippen molar-refractivity contribution >= 4 is 23.5 Å². The van der Waals surface area contributed by atoms with Crippen molar-refractivity contribution in [1.82, 2.24) is 25.4 Å². The smallest absolute Gasteiger partial charge is 0.311 e. The standard InChI is InChI=1S/C27H32ClN5O5/c28-27-30-24(31-32-27)25(35)29-23(16-19-6-8-21(9-7-19)20-4-2-1-3-5-20)17-22(18-34)26(36)38-15-12-33-10-13-37-14-11-33/h1-9,22-23,34H,10-18H2,(H,29,35)(H,30,31,32)/t22-,23+/m0/s1. The minimum Gasteiger partial charge on any atom is -0.464 e. The number of carbonyl (C=O) groups excluding carboxylic acids is 2. The third-order valence-electron chi connectivity index (χ3n) is 6.42. The Morgan fingerprint density at radius 1 is 1.11 bits per heavy atom. The first-order chi connectivity index (χ1) is 18.5. The Balaban J connectivity index is 1.40. The Morgan fingerprint density at radius 2 is 1.82 bits per heavy atom. The number of ether oxygens (including phenoxy) is 2. The van der Waals surface area contributed by atoms with Crippen LogP contribution in [0, 0.1) is 5.92 Å². The monoisotopic (exact) mass is 541 g/mol. The lowest BCUT2D eigenvalue weighted by Gasteiger charge is -2.27. The lowest BCUT2D eigenvalue weighted by atomic mass is 9.94. The van der Waals surface area contributed by atoms with Crippen LogP contribution in [0.2, 0.25) is 5.28 Å². The molecular formula is C27H32ClN5O5. The van der Waals surface area contributed by atoms with Crippen LogP contribution in [0.4, 0.5) is 0 Å². The van der Waals surface area contributed by atoms with Gasteiger partial charge >= 0.3 is 5.97 Å². The first-order valence-electron chi connectivity index (χ1n) is 12.6. The number of carbonyl (C=O) groups is 2. The molecule has 4 rings (SSSR count). The van der Waals surface area contributed by atoms with Gasteiger partial charge in [0.1, 0.15) is 6.61 Å². The van der Waals surface area contributed by atoms with Crippen LogP contribution in [0.15, 0.2) is 54.6 Å². The third-order valence-corrected chi connectivity index (χ3v) is 6.59. The molecule has 2 aromatic carbocycles. The number of hydrogen-bond donors (Lipinski definition) is 3. The van der Waals surface area contributed by atoms with Crippen LogP contribution in [0.1, 0.15) is 22.6 Å². The van der Waals surface area contributed by atoms with Crippen molar-refractivity contribution in [3.05, 3.63) is 71.3 Å². The van der Waals surface area contributed by atoms with E-state index in [4.69, 9.17) is 21.1 Å². The van der Waals surface area contributed by atoms with Gasteiger partial charge in [-0.25, -0.2) is 5.10 Å². The van der Waals surface area contributed by atoms with Crippen molar-refractivity contribution in [3.8, 4) is 11.1 Å². The topological polar surface area (TPSA) is 130 Å². The van der Waals surface area contributed by atoms with Gasteiger partial charge in [-0.1, -0.05) is 54.6 Å².